The Morgan fingerprint density at radius 3 is 2.71 bits per heavy atom. The van der Waals surface area contributed by atoms with Gasteiger partial charge in [0.25, 0.3) is 0 Å². The molecule has 1 aliphatic heterocycles. The lowest BCUT2D eigenvalue weighted by Gasteiger charge is -2.30. The number of amides is 1. The normalized spacial score (nSPS) is 20.9. The maximum atomic E-state index is 12.9. The van der Waals surface area contributed by atoms with Crippen LogP contribution in [0.5, 0.6) is 0 Å². The molecule has 4 nitrogen and oxygen atoms in total. The molecule has 2 N–H and O–H groups in total. The molecule has 0 bridgehead atoms. The Kier molecular flexibility index (Phi) is 6.14. The molecule has 1 aliphatic carbocycles. The molecule has 132 valence electrons. The molecule has 0 aromatic heterocycles. The summed E-state index contributed by atoms with van der Waals surface area (Å²) in [7, 11) is 0. The van der Waals surface area contributed by atoms with Gasteiger partial charge in [-0.1, -0.05) is 36.6 Å². The third-order valence-corrected chi connectivity index (χ3v) is 5.63. The number of benzene rings is 1. The first-order valence-corrected chi connectivity index (χ1v) is 9.52. The zero-order valence-electron chi connectivity index (χ0n) is 14.3. The van der Waals surface area contributed by atoms with Gasteiger partial charge in [-0.05, 0) is 37.0 Å². The number of carbonyl (C=O) groups excluding carboxylic acids is 1. The highest BCUT2D eigenvalue weighted by Gasteiger charge is 2.40. The highest BCUT2D eigenvalue weighted by Crippen LogP contribution is 2.41. The Morgan fingerprint density at radius 2 is 2.00 bits per heavy atom. The Labute approximate surface area is 149 Å². The molecule has 1 saturated carbocycles. The smallest absolute Gasteiger partial charge is 0.226 e. The van der Waals surface area contributed by atoms with Crippen LogP contribution in [0.2, 0.25) is 5.02 Å². The van der Waals surface area contributed by atoms with Crippen molar-refractivity contribution in [2.45, 2.75) is 32.1 Å². The number of halogens is 1. The van der Waals surface area contributed by atoms with E-state index in [1.54, 1.807) is 0 Å². The average molecular weight is 350 g/mol. The summed E-state index contributed by atoms with van der Waals surface area (Å²) in [6, 6.07) is 7.94. The van der Waals surface area contributed by atoms with E-state index >= 15 is 0 Å². The van der Waals surface area contributed by atoms with Crippen molar-refractivity contribution in [3.63, 3.8) is 0 Å². The molecule has 3 rings (SSSR count). The van der Waals surface area contributed by atoms with Gasteiger partial charge in [-0.3, -0.25) is 9.69 Å². The zero-order chi connectivity index (χ0) is 16.8. The predicted molar refractivity (Wildman–Crippen MR) is 98.4 cm³/mol. The van der Waals surface area contributed by atoms with Gasteiger partial charge in [-0.25, -0.2) is 0 Å². The van der Waals surface area contributed by atoms with E-state index in [9.17, 15) is 4.79 Å². The van der Waals surface area contributed by atoms with Crippen molar-refractivity contribution < 1.29 is 4.79 Å². The van der Waals surface area contributed by atoms with Crippen LogP contribution in [0.25, 0.3) is 0 Å². The van der Waals surface area contributed by atoms with Crippen molar-refractivity contribution in [2.24, 2.45) is 5.41 Å². The van der Waals surface area contributed by atoms with Crippen molar-refractivity contribution >= 4 is 17.5 Å². The topological polar surface area (TPSA) is 44.4 Å². The summed E-state index contributed by atoms with van der Waals surface area (Å²) in [5.74, 6) is 0.232. The Hall–Kier alpha value is -1.10. The second-order valence-electron chi connectivity index (χ2n) is 7.14. The molecule has 5 heteroatoms. The van der Waals surface area contributed by atoms with E-state index in [0.717, 1.165) is 76.4 Å². The first-order valence-electron chi connectivity index (χ1n) is 9.14. The van der Waals surface area contributed by atoms with E-state index in [4.69, 9.17) is 11.6 Å². The maximum Gasteiger partial charge on any atom is 0.226 e. The van der Waals surface area contributed by atoms with Gasteiger partial charge in [0, 0.05) is 44.3 Å². The lowest BCUT2D eigenvalue weighted by Crippen LogP contribution is -2.48. The number of carbonyl (C=O) groups is 1. The van der Waals surface area contributed by atoms with E-state index in [2.05, 4.69) is 21.6 Å². The van der Waals surface area contributed by atoms with Crippen LogP contribution in [0, 0.1) is 5.41 Å². The van der Waals surface area contributed by atoms with Gasteiger partial charge in [-0.15, -0.1) is 0 Å². The van der Waals surface area contributed by atoms with Gasteiger partial charge in [0.05, 0.1) is 5.41 Å². The molecule has 1 aromatic rings. The molecular weight excluding hydrogens is 322 g/mol. The molecule has 0 unspecified atom stereocenters. The van der Waals surface area contributed by atoms with Crippen molar-refractivity contribution in [1.29, 1.82) is 0 Å². The third kappa shape index (κ3) is 4.50. The van der Waals surface area contributed by atoms with Crippen LogP contribution in [0.3, 0.4) is 0 Å². The number of hydrogen-bond acceptors (Lipinski definition) is 3. The van der Waals surface area contributed by atoms with E-state index in [1.165, 1.54) is 5.56 Å². The van der Waals surface area contributed by atoms with Crippen molar-refractivity contribution in [3.8, 4) is 0 Å². The largest absolute Gasteiger partial charge is 0.354 e. The van der Waals surface area contributed by atoms with Crippen LogP contribution in [0.1, 0.15) is 31.2 Å². The minimum atomic E-state index is -0.242. The fraction of sp³-hybridized carbons (Fsp3) is 0.632. The van der Waals surface area contributed by atoms with E-state index in [1.807, 2.05) is 18.2 Å². The average Bonchev–Trinajstić information content (AvgIpc) is 3.05. The summed E-state index contributed by atoms with van der Waals surface area (Å²) in [5.41, 5.74) is 0.926. The number of nitrogens with zero attached hydrogens (tertiary/aromatic N) is 1. The minimum absolute atomic E-state index is 0.232. The van der Waals surface area contributed by atoms with Crippen LogP contribution >= 0.6 is 11.6 Å². The van der Waals surface area contributed by atoms with Gasteiger partial charge >= 0.3 is 0 Å². The van der Waals surface area contributed by atoms with Crippen LogP contribution < -0.4 is 10.6 Å². The minimum Gasteiger partial charge on any atom is -0.354 e. The summed E-state index contributed by atoms with van der Waals surface area (Å²) in [6.45, 7) is 5.93. The van der Waals surface area contributed by atoms with Crippen LogP contribution in [-0.2, 0) is 11.2 Å². The van der Waals surface area contributed by atoms with E-state index in [-0.39, 0.29) is 11.3 Å². The molecule has 1 heterocycles. The molecular formula is C19H28ClN3O. The van der Waals surface area contributed by atoms with Crippen LogP contribution in [0.15, 0.2) is 24.3 Å². The quantitative estimate of drug-likeness (QED) is 0.829. The van der Waals surface area contributed by atoms with E-state index in [0.29, 0.717) is 0 Å². The number of rotatable bonds is 6. The van der Waals surface area contributed by atoms with Gasteiger partial charge in [-0.2, -0.15) is 0 Å². The number of piperazine rings is 1. The fourth-order valence-corrected chi connectivity index (χ4v) is 4.24. The molecule has 1 amide bonds. The predicted octanol–water partition coefficient (Wildman–Crippen LogP) is 2.46. The van der Waals surface area contributed by atoms with Crippen LogP contribution in [-0.4, -0.2) is 50.1 Å². The molecule has 2 aliphatic rings. The Balaban J connectivity index is 1.56. The second-order valence-corrected chi connectivity index (χ2v) is 7.58. The van der Waals surface area contributed by atoms with Gasteiger partial charge < -0.3 is 10.6 Å². The summed E-state index contributed by atoms with van der Waals surface area (Å²) in [6.07, 6.45) is 5.06. The van der Waals surface area contributed by atoms with Gasteiger partial charge in [0.1, 0.15) is 0 Å². The van der Waals surface area contributed by atoms with Gasteiger partial charge in [0.2, 0.25) is 5.91 Å². The number of hydrogen-bond donors (Lipinski definition) is 2. The fourth-order valence-electron chi connectivity index (χ4n) is 4.02. The molecule has 24 heavy (non-hydrogen) atoms. The lowest BCUT2D eigenvalue weighted by atomic mass is 9.79. The monoisotopic (exact) mass is 349 g/mol. The highest BCUT2D eigenvalue weighted by atomic mass is 35.5. The molecule has 0 atom stereocenters. The highest BCUT2D eigenvalue weighted by molar-refractivity contribution is 6.30. The van der Waals surface area contributed by atoms with Crippen LogP contribution in [0.4, 0.5) is 0 Å². The molecule has 0 spiro atoms. The van der Waals surface area contributed by atoms with E-state index < -0.39 is 0 Å². The van der Waals surface area contributed by atoms with Crippen molar-refractivity contribution in [2.75, 3.05) is 39.3 Å². The first-order chi connectivity index (χ1) is 11.7. The number of nitrogens with one attached hydrogen (secondary N) is 2. The Bertz CT molecular complexity index is 551. The molecule has 1 saturated heterocycles. The maximum absolute atomic E-state index is 12.9. The SMILES string of the molecule is O=C(NCCN1CCNCC1)C1(Cc2cccc(Cl)c2)CCCC1. The van der Waals surface area contributed by atoms with Gasteiger partial charge in [0.15, 0.2) is 0 Å². The standard InChI is InChI=1S/C19H28ClN3O/c20-17-5-3-4-16(14-17)15-19(6-1-2-7-19)18(24)22-10-13-23-11-8-21-9-12-23/h3-5,14,21H,1-2,6-13,15H2,(H,22,24). The second kappa shape index (κ2) is 8.32. The third-order valence-electron chi connectivity index (χ3n) is 5.40. The molecule has 1 aromatic carbocycles. The zero-order valence-corrected chi connectivity index (χ0v) is 15.1. The molecule has 0 radical (unpaired) electrons. The summed E-state index contributed by atoms with van der Waals surface area (Å²) < 4.78 is 0. The summed E-state index contributed by atoms with van der Waals surface area (Å²) in [4.78, 5) is 15.3. The van der Waals surface area contributed by atoms with Crippen molar-refractivity contribution in [3.05, 3.63) is 34.9 Å². The summed E-state index contributed by atoms with van der Waals surface area (Å²) >= 11 is 6.11. The summed E-state index contributed by atoms with van der Waals surface area (Å²) in [5, 5.41) is 7.32. The first kappa shape index (κ1) is 17.7. The molecule has 2 fully saturated rings. The van der Waals surface area contributed by atoms with Crippen molar-refractivity contribution in [1.82, 2.24) is 15.5 Å². The lowest BCUT2D eigenvalue weighted by molar-refractivity contribution is -0.130. The Morgan fingerprint density at radius 1 is 1.25 bits per heavy atom.